The van der Waals surface area contributed by atoms with Crippen LogP contribution in [0.2, 0.25) is 0 Å². The summed E-state index contributed by atoms with van der Waals surface area (Å²) in [4.78, 5) is 0. The Bertz CT molecular complexity index is 317. The van der Waals surface area contributed by atoms with Crippen molar-refractivity contribution in [2.24, 2.45) is 5.73 Å². The Hall–Kier alpha value is -0.200. The molecule has 4 heteroatoms. The third-order valence-corrected chi connectivity index (χ3v) is 3.26. The maximum Gasteiger partial charge on any atom is 0.124 e. The molecule has 0 saturated carbocycles. The Balaban J connectivity index is 2.50. The van der Waals surface area contributed by atoms with Crippen molar-refractivity contribution in [3.63, 3.8) is 0 Å². The molecule has 1 atom stereocenters. The summed E-state index contributed by atoms with van der Waals surface area (Å²) in [5.41, 5.74) is 6.58. The van der Waals surface area contributed by atoms with E-state index in [1.165, 1.54) is 6.07 Å². The van der Waals surface area contributed by atoms with Gasteiger partial charge in [0.15, 0.2) is 0 Å². The second-order valence-electron chi connectivity index (χ2n) is 3.60. The number of rotatable bonds is 5. The van der Waals surface area contributed by atoms with Gasteiger partial charge >= 0.3 is 0 Å². The highest BCUT2D eigenvalue weighted by Crippen LogP contribution is 2.13. The van der Waals surface area contributed by atoms with Crippen LogP contribution in [-0.2, 0) is 6.54 Å². The minimum Gasteiger partial charge on any atom is -0.330 e. The van der Waals surface area contributed by atoms with E-state index in [0.717, 1.165) is 22.1 Å². The Morgan fingerprint density at radius 2 is 2.27 bits per heavy atom. The van der Waals surface area contributed by atoms with Crippen molar-refractivity contribution in [1.82, 2.24) is 5.32 Å². The maximum atomic E-state index is 12.8. The van der Waals surface area contributed by atoms with Gasteiger partial charge in [0.1, 0.15) is 5.82 Å². The van der Waals surface area contributed by atoms with E-state index in [-0.39, 0.29) is 5.82 Å². The lowest BCUT2D eigenvalue weighted by Gasteiger charge is -2.13. The molecule has 0 fully saturated rings. The lowest BCUT2D eigenvalue weighted by atomic mass is 10.2. The second-order valence-corrected chi connectivity index (χ2v) is 4.76. The first-order valence-corrected chi connectivity index (χ1v) is 6.08. The zero-order chi connectivity index (χ0) is 11.3. The van der Waals surface area contributed by atoms with Gasteiger partial charge in [-0.2, -0.15) is 0 Å². The van der Waals surface area contributed by atoms with Crippen molar-refractivity contribution >= 4 is 22.6 Å². The van der Waals surface area contributed by atoms with E-state index < -0.39 is 0 Å². The number of nitrogens with two attached hydrogens (primary N) is 1. The van der Waals surface area contributed by atoms with Gasteiger partial charge in [0.05, 0.1) is 0 Å². The van der Waals surface area contributed by atoms with Crippen LogP contribution in [0, 0.1) is 9.39 Å². The lowest BCUT2D eigenvalue weighted by molar-refractivity contribution is 0.518. The molecule has 0 spiro atoms. The summed E-state index contributed by atoms with van der Waals surface area (Å²) in [6.45, 7) is 3.55. The molecule has 1 aromatic carbocycles. The molecule has 0 aliphatic heterocycles. The van der Waals surface area contributed by atoms with Crippen molar-refractivity contribution < 1.29 is 4.39 Å². The highest BCUT2D eigenvalue weighted by Gasteiger charge is 2.03. The van der Waals surface area contributed by atoms with Crippen LogP contribution in [0.3, 0.4) is 0 Å². The van der Waals surface area contributed by atoms with Crippen molar-refractivity contribution in [1.29, 1.82) is 0 Å². The van der Waals surface area contributed by atoms with E-state index in [9.17, 15) is 4.39 Å². The molecule has 1 aromatic rings. The van der Waals surface area contributed by atoms with Crippen LogP contribution in [-0.4, -0.2) is 12.6 Å². The SMILES string of the molecule is CC(CCN)NCc1ccc(F)cc1I. The molecule has 3 N–H and O–H groups in total. The summed E-state index contributed by atoms with van der Waals surface area (Å²) in [7, 11) is 0. The van der Waals surface area contributed by atoms with Crippen LogP contribution in [0.15, 0.2) is 18.2 Å². The standard InChI is InChI=1S/C11H16FIN2/c1-8(4-5-14)15-7-9-2-3-10(12)6-11(9)13/h2-3,6,8,15H,4-5,7,14H2,1H3. The van der Waals surface area contributed by atoms with E-state index in [2.05, 4.69) is 34.8 Å². The molecule has 84 valence electrons. The van der Waals surface area contributed by atoms with E-state index >= 15 is 0 Å². The molecule has 0 saturated heterocycles. The third kappa shape index (κ3) is 4.44. The predicted molar refractivity (Wildman–Crippen MR) is 69.1 cm³/mol. The molecule has 1 unspecified atom stereocenters. The van der Waals surface area contributed by atoms with Crippen LogP contribution in [0.4, 0.5) is 4.39 Å². The summed E-state index contributed by atoms with van der Waals surface area (Å²) >= 11 is 2.15. The van der Waals surface area contributed by atoms with Gasteiger partial charge in [-0.3, -0.25) is 0 Å². The largest absolute Gasteiger partial charge is 0.330 e. The zero-order valence-electron chi connectivity index (χ0n) is 8.76. The number of nitrogens with one attached hydrogen (secondary N) is 1. The fourth-order valence-corrected chi connectivity index (χ4v) is 1.97. The van der Waals surface area contributed by atoms with Gasteiger partial charge in [-0.1, -0.05) is 6.07 Å². The lowest BCUT2D eigenvalue weighted by Crippen LogP contribution is -2.28. The van der Waals surface area contributed by atoms with E-state index in [1.807, 2.05) is 6.07 Å². The Labute approximate surface area is 104 Å². The van der Waals surface area contributed by atoms with Gasteiger partial charge in [-0.15, -0.1) is 0 Å². The summed E-state index contributed by atoms with van der Waals surface area (Å²) in [5.74, 6) is -0.182. The van der Waals surface area contributed by atoms with Gasteiger partial charge in [0, 0.05) is 16.2 Å². The molecular weight excluding hydrogens is 306 g/mol. The smallest absolute Gasteiger partial charge is 0.124 e. The number of halogens is 2. The Kier molecular flexibility index (Phi) is 5.49. The third-order valence-electron chi connectivity index (χ3n) is 2.26. The van der Waals surface area contributed by atoms with Crippen LogP contribution in [0.25, 0.3) is 0 Å². The summed E-state index contributed by atoms with van der Waals surface area (Å²) in [6.07, 6.45) is 0.956. The van der Waals surface area contributed by atoms with Crippen LogP contribution in [0.5, 0.6) is 0 Å². The molecule has 15 heavy (non-hydrogen) atoms. The summed E-state index contributed by atoms with van der Waals surface area (Å²) in [6, 6.07) is 5.26. The summed E-state index contributed by atoms with van der Waals surface area (Å²) in [5, 5.41) is 3.35. The quantitative estimate of drug-likeness (QED) is 0.816. The average Bonchev–Trinajstić information content (AvgIpc) is 2.17. The molecule has 0 aromatic heterocycles. The highest BCUT2D eigenvalue weighted by molar-refractivity contribution is 14.1. The Morgan fingerprint density at radius 1 is 1.53 bits per heavy atom. The number of benzene rings is 1. The zero-order valence-corrected chi connectivity index (χ0v) is 10.9. The van der Waals surface area contributed by atoms with E-state index in [1.54, 1.807) is 6.07 Å². The minimum atomic E-state index is -0.182. The van der Waals surface area contributed by atoms with Crippen molar-refractivity contribution in [3.8, 4) is 0 Å². The first-order chi connectivity index (χ1) is 7.13. The summed E-state index contributed by atoms with van der Waals surface area (Å²) < 4.78 is 13.8. The molecule has 0 aliphatic rings. The van der Waals surface area contributed by atoms with Crippen LogP contribution in [0.1, 0.15) is 18.9 Å². The van der Waals surface area contributed by atoms with Gasteiger partial charge in [-0.05, 0) is 60.2 Å². The average molecular weight is 322 g/mol. The monoisotopic (exact) mass is 322 g/mol. The first kappa shape index (κ1) is 12.9. The normalized spacial score (nSPS) is 12.8. The van der Waals surface area contributed by atoms with Crippen LogP contribution < -0.4 is 11.1 Å². The van der Waals surface area contributed by atoms with E-state index in [4.69, 9.17) is 5.73 Å². The molecule has 0 heterocycles. The fraction of sp³-hybridized carbons (Fsp3) is 0.455. The number of hydrogen-bond acceptors (Lipinski definition) is 2. The van der Waals surface area contributed by atoms with Gasteiger partial charge in [0.25, 0.3) is 0 Å². The van der Waals surface area contributed by atoms with Gasteiger partial charge < -0.3 is 11.1 Å². The first-order valence-electron chi connectivity index (χ1n) is 5.01. The molecular formula is C11H16FIN2. The molecule has 0 aliphatic carbocycles. The maximum absolute atomic E-state index is 12.8. The topological polar surface area (TPSA) is 38.0 Å². The highest BCUT2D eigenvalue weighted by atomic mass is 127. The van der Waals surface area contributed by atoms with Gasteiger partial charge in [-0.25, -0.2) is 4.39 Å². The second kappa shape index (κ2) is 6.40. The minimum absolute atomic E-state index is 0.182. The Morgan fingerprint density at radius 3 is 2.87 bits per heavy atom. The van der Waals surface area contributed by atoms with Crippen molar-refractivity contribution in [2.45, 2.75) is 25.9 Å². The van der Waals surface area contributed by atoms with Crippen LogP contribution >= 0.6 is 22.6 Å². The van der Waals surface area contributed by atoms with Crippen molar-refractivity contribution in [3.05, 3.63) is 33.1 Å². The van der Waals surface area contributed by atoms with Crippen molar-refractivity contribution in [2.75, 3.05) is 6.54 Å². The van der Waals surface area contributed by atoms with E-state index in [0.29, 0.717) is 12.6 Å². The van der Waals surface area contributed by atoms with Gasteiger partial charge in [0.2, 0.25) is 0 Å². The number of hydrogen-bond donors (Lipinski definition) is 2. The molecule has 1 rings (SSSR count). The molecule has 2 nitrogen and oxygen atoms in total. The predicted octanol–water partition coefficient (Wildman–Crippen LogP) is 2.26. The molecule has 0 bridgehead atoms. The molecule has 0 radical (unpaired) electrons. The molecule has 0 amide bonds. The fourth-order valence-electron chi connectivity index (χ4n) is 1.30.